The molecule has 4 nitrogen and oxygen atoms in total. The number of piperazine rings is 1. The second-order valence-corrected chi connectivity index (χ2v) is 10.4. The second kappa shape index (κ2) is 14.0. The Morgan fingerprint density at radius 3 is 2.33 bits per heavy atom. The van der Waals surface area contributed by atoms with Crippen LogP contribution in [0.2, 0.25) is 10.0 Å². The minimum Gasteiger partial charge on any atom is -0.309 e. The molecule has 2 heterocycles. The molecule has 0 saturated carbocycles. The Morgan fingerprint density at radius 2 is 1.69 bits per heavy atom. The maximum Gasteiger partial charge on any atom is 0.229 e. The molecule has 198 valence electrons. The van der Waals surface area contributed by atoms with Gasteiger partial charge in [0.1, 0.15) is 5.82 Å². The molecule has 0 aliphatic carbocycles. The summed E-state index contributed by atoms with van der Waals surface area (Å²) in [5, 5.41) is 0.915. The van der Waals surface area contributed by atoms with Crippen LogP contribution in [0.5, 0.6) is 0 Å². The highest BCUT2D eigenvalue weighted by Crippen LogP contribution is 2.39. The summed E-state index contributed by atoms with van der Waals surface area (Å²) in [6, 6.07) is 10.6. The Kier molecular flexibility index (Phi) is 12.0. The number of likely N-dealkylation sites (N-methyl/N-ethyl adjacent to an activating group) is 1. The largest absolute Gasteiger partial charge is 0.309 e. The third kappa shape index (κ3) is 7.59. The standard InChI is InChI=1S/C27H32Cl2FN3O.2ClH/c1-19-14-21(15-22-7-3-4-8-25(22)30)18-33(27(19)34)26-23(28)16-20(17-24(26)29)6-5-9-32-12-10-31(2)11-13-32;;/h3-8,16-17,19,21H,9-15,18H2,1-2H3;2*1H/b6-5-;;/t19-,21-;;/m1../s1. The van der Waals surface area contributed by atoms with Crippen molar-refractivity contribution in [3.05, 3.63) is 69.5 Å². The van der Waals surface area contributed by atoms with Gasteiger partial charge in [-0.15, -0.1) is 24.8 Å². The molecule has 36 heavy (non-hydrogen) atoms. The molecule has 0 radical (unpaired) electrons. The monoisotopic (exact) mass is 575 g/mol. The van der Waals surface area contributed by atoms with Crippen molar-refractivity contribution < 1.29 is 9.18 Å². The van der Waals surface area contributed by atoms with Crippen molar-refractivity contribution in [2.24, 2.45) is 11.8 Å². The highest BCUT2D eigenvalue weighted by Gasteiger charge is 2.34. The molecule has 0 unspecified atom stereocenters. The first kappa shape index (κ1) is 30.9. The van der Waals surface area contributed by atoms with Gasteiger partial charge in [0.15, 0.2) is 0 Å². The predicted molar refractivity (Wildman–Crippen MR) is 154 cm³/mol. The van der Waals surface area contributed by atoms with Gasteiger partial charge in [-0.2, -0.15) is 0 Å². The number of carbonyl (C=O) groups excluding carboxylic acids is 1. The van der Waals surface area contributed by atoms with Crippen LogP contribution in [0.15, 0.2) is 42.5 Å². The number of hydrogen-bond acceptors (Lipinski definition) is 3. The van der Waals surface area contributed by atoms with Crippen molar-refractivity contribution in [2.75, 3.05) is 51.2 Å². The molecule has 1 amide bonds. The van der Waals surface area contributed by atoms with Crippen molar-refractivity contribution in [1.82, 2.24) is 9.80 Å². The molecule has 2 aliphatic rings. The van der Waals surface area contributed by atoms with E-state index in [1.165, 1.54) is 6.07 Å². The molecule has 2 aliphatic heterocycles. The normalized spacial score (nSPS) is 21.4. The van der Waals surface area contributed by atoms with Crippen molar-refractivity contribution >= 4 is 65.7 Å². The molecule has 9 heteroatoms. The van der Waals surface area contributed by atoms with Crippen LogP contribution in [0.25, 0.3) is 6.08 Å². The van der Waals surface area contributed by atoms with E-state index in [1.807, 2.05) is 37.3 Å². The van der Waals surface area contributed by atoms with Crippen LogP contribution in [-0.4, -0.2) is 62.0 Å². The van der Waals surface area contributed by atoms with E-state index in [9.17, 15) is 9.18 Å². The fraction of sp³-hybridized carbons (Fsp3) is 0.444. The zero-order valence-electron chi connectivity index (χ0n) is 20.6. The maximum atomic E-state index is 14.2. The summed E-state index contributed by atoms with van der Waals surface area (Å²) in [6.45, 7) is 7.55. The van der Waals surface area contributed by atoms with Gasteiger partial charge in [-0.3, -0.25) is 9.69 Å². The van der Waals surface area contributed by atoms with Crippen molar-refractivity contribution in [2.45, 2.75) is 19.8 Å². The Morgan fingerprint density at radius 1 is 1.06 bits per heavy atom. The van der Waals surface area contributed by atoms with Gasteiger partial charge in [0.05, 0.1) is 15.7 Å². The summed E-state index contributed by atoms with van der Waals surface area (Å²) >= 11 is 13.3. The molecule has 2 atom stereocenters. The number of rotatable bonds is 6. The molecule has 2 aromatic carbocycles. The SMILES string of the molecule is C[C@@H]1C[C@H](Cc2ccccc2F)CN(c2c(Cl)cc(/C=C\CN3CCN(C)CC3)cc2Cl)C1=O.Cl.Cl. The van der Waals surface area contributed by atoms with E-state index in [4.69, 9.17) is 23.2 Å². The summed E-state index contributed by atoms with van der Waals surface area (Å²) in [4.78, 5) is 19.5. The van der Waals surface area contributed by atoms with Crippen molar-refractivity contribution in [1.29, 1.82) is 0 Å². The lowest BCUT2D eigenvalue weighted by molar-refractivity contribution is -0.124. The number of carbonyl (C=O) groups is 1. The third-order valence-electron chi connectivity index (χ3n) is 6.86. The van der Waals surface area contributed by atoms with E-state index in [0.717, 1.165) is 38.3 Å². The predicted octanol–water partition coefficient (Wildman–Crippen LogP) is 6.47. The lowest BCUT2D eigenvalue weighted by Gasteiger charge is -2.37. The molecular formula is C27H34Cl4FN3O. The summed E-state index contributed by atoms with van der Waals surface area (Å²) < 4.78 is 14.2. The van der Waals surface area contributed by atoms with Crippen LogP contribution in [0, 0.1) is 17.7 Å². The van der Waals surface area contributed by atoms with Gasteiger partial charge in [0, 0.05) is 45.2 Å². The molecular weight excluding hydrogens is 543 g/mol. The summed E-state index contributed by atoms with van der Waals surface area (Å²) in [5.74, 6) is -0.255. The molecule has 0 N–H and O–H groups in total. The number of halogens is 5. The molecule has 2 saturated heterocycles. The first-order valence-corrected chi connectivity index (χ1v) is 12.7. The fourth-order valence-corrected chi connectivity index (χ4v) is 5.63. The van der Waals surface area contributed by atoms with E-state index in [2.05, 4.69) is 22.9 Å². The minimum absolute atomic E-state index is 0. The van der Waals surface area contributed by atoms with Gasteiger partial charge in [-0.25, -0.2) is 4.39 Å². The molecule has 0 aromatic heterocycles. The number of piperidine rings is 1. The fourth-order valence-electron chi connectivity index (χ4n) is 4.92. The van der Waals surface area contributed by atoms with E-state index >= 15 is 0 Å². The average Bonchev–Trinajstić information content (AvgIpc) is 2.79. The van der Waals surface area contributed by atoms with E-state index in [0.29, 0.717) is 40.7 Å². The Labute approximate surface area is 236 Å². The van der Waals surface area contributed by atoms with Crippen molar-refractivity contribution in [3.8, 4) is 0 Å². The van der Waals surface area contributed by atoms with Crippen LogP contribution in [-0.2, 0) is 11.2 Å². The molecule has 0 bridgehead atoms. The van der Waals surface area contributed by atoms with Crippen LogP contribution < -0.4 is 4.90 Å². The van der Waals surface area contributed by atoms with Gasteiger partial charge in [0.2, 0.25) is 5.91 Å². The highest BCUT2D eigenvalue weighted by atomic mass is 35.5. The zero-order valence-corrected chi connectivity index (χ0v) is 23.8. The Balaban J connectivity index is 0.00000228. The molecule has 2 aromatic rings. The van der Waals surface area contributed by atoms with Crippen molar-refractivity contribution in [3.63, 3.8) is 0 Å². The quantitative estimate of drug-likeness (QED) is 0.394. The first-order chi connectivity index (χ1) is 16.3. The number of nitrogens with zero attached hydrogens (tertiary/aromatic N) is 3. The topological polar surface area (TPSA) is 26.8 Å². The van der Waals surface area contributed by atoms with Gasteiger partial charge in [-0.05, 0) is 55.1 Å². The van der Waals surface area contributed by atoms with Gasteiger partial charge in [0.25, 0.3) is 0 Å². The van der Waals surface area contributed by atoms with Gasteiger partial charge >= 0.3 is 0 Å². The van der Waals surface area contributed by atoms with Gasteiger partial charge < -0.3 is 9.80 Å². The smallest absolute Gasteiger partial charge is 0.229 e. The number of benzene rings is 2. The summed E-state index contributed by atoms with van der Waals surface area (Å²) in [7, 11) is 2.15. The maximum absolute atomic E-state index is 14.2. The highest BCUT2D eigenvalue weighted by molar-refractivity contribution is 6.40. The lowest BCUT2D eigenvalue weighted by Crippen LogP contribution is -2.45. The second-order valence-electron chi connectivity index (χ2n) is 9.59. The zero-order chi connectivity index (χ0) is 24.2. The molecule has 4 rings (SSSR count). The lowest BCUT2D eigenvalue weighted by atomic mass is 9.85. The van der Waals surface area contributed by atoms with Crippen LogP contribution in [0.1, 0.15) is 24.5 Å². The average molecular weight is 577 g/mol. The van der Waals surface area contributed by atoms with Crippen LogP contribution >= 0.6 is 48.0 Å². The number of hydrogen-bond donors (Lipinski definition) is 0. The van der Waals surface area contributed by atoms with E-state index in [1.54, 1.807) is 11.0 Å². The van der Waals surface area contributed by atoms with Crippen LogP contribution in [0.4, 0.5) is 10.1 Å². The molecule has 0 spiro atoms. The first-order valence-electron chi connectivity index (χ1n) is 11.9. The summed E-state index contributed by atoms with van der Waals surface area (Å²) in [5.41, 5.74) is 2.13. The van der Waals surface area contributed by atoms with Gasteiger partial charge in [-0.1, -0.05) is 60.5 Å². The Hall–Kier alpha value is -1.34. The number of amides is 1. The Bertz CT molecular complexity index is 1040. The third-order valence-corrected chi connectivity index (χ3v) is 7.44. The van der Waals surface area contributed by atoms with Crippen LogP contribution in [0.3, 0.4) is 0 Å². The summed E-state index contributed by atoms with van der Waals surface area (Å²) in [6.07, 6.45) is 5.45. The van der Waals surface area contributed by atoms with E-state index < -0.39 is 0 Å². The molecule has 2 fully saturated rings. The number of anilines is 1. The minimum atomic E-state index is -0.206. The van der Waals surface area contributed by atoms with E-state index in [-0.39, 0.29) is 48.4 Å².